The van der Waals surface area contributed by atoms with E-state index >= 15 is 0 Å². The van der Waals surface area contributed by atoms with Gasteiger partial charge in [0, 0.05) is 0 Å². The van der Waals surface area contributed by atoms with E-state index in [9.17, 15) is 9.59 Å². The van der Waals surface area contributed by atoms with Gasteiger partial charge in [0.25, 0.3) is 0 Å². The van der Waals surface area contributed by atoms with Crippen molar-refractivity contribution in [3.63, 3.8) is 0 Å². The van der Waals surface area contributed by atoms with E-state index in [-0.39, 0.29) is 18.6 Å². The van der Waals surface area contributed by atoms with Gasteiger partial charge in [-0.2, -0.15) is 0 Å². The maximum absolute atomic E-state index is 12.0. The number of rotatable bonds is 6. The lowest BCUT2D eigenvalue weighted by molar-refractivity contribution is -0.148. The molecular weight excluding hydrogens is 256 g/mol. The number of hydrogen-bond donors (Lipinski definition) is 2. The van der Waals surface area contributed by atoms with Gasteiger partial charge < -0.3 is 15.8 Å². The summed E-state index contributed by atoms with van der Waals surface area (Å²) >= 11 is 0. The molecule has 0 aliphatic carbocycles. The van der Waals surface area contributed by atoms with E-state index in [1.807, 2.05) is 44.2 Å². The summed E-state index contributed by atoms with van der Waals surface area (Å²) in [7, 11) is 0. The van der Waals surface area contributed by atoms with Crippen LogP contribution in [0.5, 0.6) is 0 Å². The Morgan fingerprint density at radius 1 is 1.25 bits per heavy atom. The number of amides is 1. The third-order valence-corrected chi connectivity index (χ3v) is 2.95. The highest BCUT2D eigenvalue weighted by Gasteiger charge is 2.27. The number of carbonyl (C=O) groups excluding carboxylic acids is 2. The van der Waals surface area contributed by atoms with E-state index in [4.69, 9.17) is 10.5 Å². The fourth-order valence-corrected chi connectivity index (χ4v) is 1.88. The van der Waals surface area contributed by atoms with E-state index in [1.165, 1.54) is 0 Å². The number of carbonyl (C=O) groups is 2. The molecule has 1 aromatic rings. The predicted octanol–water partition coefficient (Wildman–Crippen LogP) is 1.39. The largest absolute Gasteiger partial charge is 0.464 e. The first-order valence-electron chi connectivity index (χ1n) is 6.74. The molecule has 110 valence electrons. The fourth-order valence-electron chi connectivity index (χ4n) is 1.88. The van der Waals surface area contributed by atoms with Crippen LogP contribution in [-0.2, 0) is 14.3 Å². The van der Waals surface area contributed by atoms with Crippen molar-refractivity contribution in [2.45, 2.75) is 32.9 Å². The number of benzene rings is 1. The van der Waals surface area contributed by atoms with Crippen LogP contribution in [-0.4, -0.2) is 24.5 Å². The van der Waals surface area contributed by atoms with Crippen LogP contribution in [0.4, 0.5) is 0 Å². The van der Waals surface area contributed by atoms with Crippen molar-refractivity contribution in [3.8, 4) is 0 Å². The average Bonchev–Trinajstić information content (AvgIpc) is 2.44. The van der Waals surface area contributed by atoms with Gasteiger partial charge in [0.05, 0.1) is 12.6 Å². The van der Waals surface area contributed by atoms with Crippen molar-refractivity contribution >= 4 is 11.9 Å². The zero-order valence-electron chi connectivity index (χ0n) is 12.1. The van der Waals surface area contributed by atoms with Crippen LogP contribution >= 0.6 is 0 Å². The third-order valence-electron chi connectivity index (χ3n) is 2.95. The summed E-state index contributed by atoms with van der Waals surface area (Å²) in [6.45, 7) is 5.86. The van der Waals surface area contributed by atoms with Crippen LogP contribution in [0.15, 0.2) is 30.3 Å². The maximum Gasteiger partial charge on any atom is 0.332 e. The van der Waals surface area contributed by atoms with Gasteiger partial charge in [0.2, 0.25) is 5.91 Å². The summed E-state index contributed by atoms with van der Waals surface area (Å²) in [6, 6.07) is 8.10. The van der Waals surface area contributed by atoms with Gasteiger partial charge in [-0.05, 0) is 18.4 Å². The minimum absolute atomic E-state index is 0.177. The number of esters is 1. The second-order valence-corrected chi connectivity index (χ2v) is 4.87. The minimum atomic E-state index is -1.29. The van der Waals surface area contributed by atoms with Crippen molar-refractivity contribution in [1.29, 1.82) is 0 Å². The van der Waals surface area contributed by atoms with Crippen LogP contribution in [0, 0.1) is 5.92 Å². The first kappa shape index (κ1) is 16.2. The Labute approximate surface area is 119 Å². The first-order valence-corrected chi connectivity index (χ1v) is 6.74. The normalized spacial score (nSPS) is 13.7. The molecule has 3 N–H and O–H groups in total. The van der Waals surface area contributed by atoms with Gasteiger partial charge in [-0.15, -0.1) is 0 Å². The number of ether oxygens (including phenoxy) is 1. The molecule has 0 radical (unpaired) electrons. The summed E-state index contributed by atoms with van der Waals surface area (Å²) in [4.78, 5) is 23.5. The second-order valence-electron chi connectivity index (χ2n) is 4.87. The molecule has 0 aromatic heterocycles. The molecule has 0 bridgehead atoms. The summed E-state index contributed by atoms with van der Waals surface area (Å²) in [6.07, 6.45) is 0. The van der Waals surface area contributed by atoms with Crippen LogP contribution in [0.1, 0.15) is 32.4 Å². The van der Waals surface area contributed by atoms with Crippen molar-refractivity contribution < 1.29 is 14.3 Å². The lowest BCUT2D eigenvalue weighted by Crippen LogP contribution is -2.48. The smallest absolute Gasteiger partial charge is 0.332 e. The highest BCUT2D eigenvalue weighted by atomic mass is 16.5. The molecule has 0 heterocycles. The zero-order chi connectivity index (χ0) is 15.1. The SMILES string of the molecule is CCOC(=O)C(N)C(=O)NC(c1ccccc1)C(C)C. The van der Waals surface area contributed by atoms with E-state index in [1.54, 1.807) is 6.92 Å². The molecular formula is C15H22N2O3. The number of nitrogens with two attached hydrogens (primary N) is 1. The van der Waals surface area contributed by atoms with Crippen LogP contribution in [0.2, 0.25) is 0 Å². The van der Waals surface area contributed by atoms with Gasteiger partial charge in [-0.25, -0.2) is 4.79 Å². The molecule has 0 saturated heterocycles. The lowest BCUT2D eigenvalue weighted by atomic mass is 9.96. The quantitative estimate of drug-likeness (QED) is 0.608. The molecule has 20 heavy (non-hydrogen) atoms. The Morgan fingerprint density at radius 2 is 1.85 bits per heavy atom. The average molecular weight is 278 g/mol. The highest BCUT2D eigenvalue weighted by molar-refractivity contribution is 6.01. The Morgan fingerprint density at radius 3 is 2.35 bits per heavy atom. The molecule has 2 atom stereocenters. The molecule has 2 unspecified atom stereocenters. The lowest BCUT2D eigenvalue weighted by Gasteiger charge is -2.24. The zero-order valence-corrected chi connectivity index (χ0v) is 12.1. The Kier molecular flexibility index (Phi) is 6.18. The van der Waals surface area contributed by atoms with E-state index in [0.29, 0.717) is 0 Å². The van der Waals surface area contributed by atoms with E-state index < -0.39 is 17.9 Å². The van der Waals surface area contributed by atoms with Crippen LogP contribution in [0.25, 0.3) is 0 Å². The summed E-state index contributed by atoms with van der Waals surface area (Å²) < 4.78 is 4.75. The van der Waals surface area contributed by atoms with Gasteiger partial charge in [0.1, 0.15) is 0 Å². The van der Waals surface area contributed by atoms with Gasteiger partial charge in [0.15, 0.2) is 6.04 Å². The van der Waals surface area contributed by atoms with Crippen molar-refractivity contribution in [3.05, 3.63) is 35.9 Å². The van der Waals surface area contributed by atoms with Gasteiger partial charge >= 0.3 is 5.97 Å². The van der Waals surface area contributed by atoms with Crippen molar-refractivity contribution in [2.24, 2.45) is 11.7 Å². The maximum atomic E-state index is 12.0. The Hall–Kier alpha value is -1.88. The van der Waals surface area contributed by atoms with Crippen LogP contribution in [0.3, 0.4) is 0 Å². The molecule has 0 aliphatic rings. The molecule has 0 aliphatic heterocycles. The topological polar surface area (TPSA) is 81.4 Å². The molecule has 0 spiro atoms. The highest BCUT2D eigenvalue weighted by Crippen LogP contribution is 2.21. The van der Waals surface area contributed by atoms with E-state index in [2.05, 4.69) is 5.32 Å². The standard InChI is InChI=1S/C15H22N2O3/c1-4-20-15(19)12(16)14(18)17-13(10(2)3)11-8-6-5-7-9-11/h5-10,12-13H,4,16H2,1-3H3,(H,17,18). The predicted molar refractivity (Wildman–Crippen MR) is 76.8 cm³/mol. The molecule has 1 rings (SSSR count). The molecule has 5 heteroatoms. The summed E-state index contributed by atoms with van der Waals surface area (Å²) in [5.74, 6) is -1.05. The summed E-state index contributed by atoms with van der Waals surface area (Å²) in [5.41, 5.74) is 6.57. The first-order chi connectivity index (χ1) is 9.47. The monoisotopic (exact) mass is 278 g/mol. The summed E-state index contributed by atoms with van der Waals surface area (Å²) in [5, 5.41) is 2.81. The van der Waals surface area contributed by atoms with Crippen LogP contribution < -0.4 is 11.1 Å². The third kappa shape index (κ3) is 4.35. The minimum Gasteiger partial charge on any atom is -0.464 e. The second kappa shape index (κ2) is 7.65. The molecule has 0 saturated carbocycles. The van der Waals surface area contributed by atoms with E-state index in [0.717, 1.165) is 5.56 Å². The Bertz CT molecular complexity index is 446. The van der Waals surface area contributed by atoms with Gasteiger partial charge in [-0.1, -0.05) is 44.2 Å². The number of nitrogens with one attached hydrogen (secondary N) is 1. The Balaban J connectivity index is 2.77. The van der Waals surface area contributed by atoms with Crippen molar-refractivity contribution in [2.75, 3.05) is 6.61 Å². The molecule has 5 nitrogen and oxygen atoms in total. The van der Waals surface area contributed by atoms with Gasteiger partial charge in [-0.3, -0.25) is 4.79 Å². The molecule has 1 aromatic carbocycles. The number of hydrogen-bond acceptors (Lipinski definition) is 4. The molecule has 0 fully saturated rings. The molecule has 1 amide bonds. The van der Waals surface area contributed by atoms with Crippen molar-refractivity contribution in [1.82, 2.24) is 5.32 Å². The fraction of sp³-hybridized carbons (Fsp3) is 0.467.